The number of nitrogens with two attached hydrogens (primary N) is 1. The Labute approximate surface area is 57.0 Å². The van der Waals surface area contributed by atoms with Gasteiger partial charge in [0.1, 0.15) is 12.0 Å². The van der Waals surface area contributed by atoms with Crippen LogP contribution in [0.1, 0.15) is 0 Å². The first-order valence-electron chi connectivity index (χ1n) is 2.81. The highest BCUT2D eigenvalue weighted by Crippen LogP contribution is 2.23. The highest BCUT2D eigenvalue weighted by molar-refractivity contribution is 5.72. The van der Waals surface area contributed by atoms with Crippen LogP contribution < -0.4 is 5.73 Å². The van der Waals surface area contributed by atoms with E-state index in [-0.39, 0.29) is 0 Å². The van der Waals surface area contributed by atoms with Crippen molar-refractivity contribution in [3.63, 3.8) is 0 Å². The highest BCUT2D eigenvalue weighted by Gasteiger charge is 2.07. The van der Waals surface area contributed by atoms with Gasteiger partial charge in [-0.15, -0.1) is 0 Å². The normalized spacial score (nSPS) is 10.4. The molecule has 4 nitrogen and oxygen atoms in total. The van der Waals surface area contributed by atoms with Crippen molar-refractivity contribution in [2.75, 3.05) is 5.73 Å². The quantitative estimate of drug-likeness (QED) is 0.579. The molecule has 2 N–H and O–H groups in total. The summed E-state index contributed by atoms with van der Waals surface area (Å²) in [6.45, 7) is 0. The van der Waals surface area contributed by atoms with Crippen LogP contribution >= 0.6 is 0 Å². The van der Waals surface area contributed by atoms with Gasteiger partial charge < -0.3 is 10.3 Å². The highest BCUT2D eigenvalue weighted by atomic mass is 16.4. The Bertz CT molecular complexity index is 317. The molecule has 0 aromatic carbocycles. The van der Waals surface area contributed by atoms with E-state index in [1.54, 1.807) is 12.4 Å². The zero-order valence-corrected chi connectivity index (χ0v) is 5.11. The largest absolute Gasteiger partial charge is 0.396 e. The van der Waals surface area contributed by atoms with E-state index in [4.69, 9.17) is 5.73 Å². The van der Waals surface area contributed by atoms with Crippen molar-refractivity contribution >= 4 is 5.69 Å². The van der Waals surface area contributed by atoms with Crippen LogP contribution in [0.5, 0.6) is 0 Å². The molecule has 50 valence electrons. The van der Waals surface area contributed by atoms with Gasteiger partial charge in [0.2, 0.25) is 0 Å². The van der Waals surface area contributed by atoms with Gasteiger partial charge in [-0.1, -0.05) is 5.16 Å². The molecule has 0 aromatic heterocycles. The second-order valence-corrected chi connectivity index (χ2v) is 1.98. The Hall–Kier alpha value is -1.58. The molecule has 2 aliphatic heterocycles. The van der Waals surface area contributed by atoms with E-state index in [0.29, 0.717) is 11.4 Å². The maximum Gasteiger partial charge on any atom is 0.145 e. The van der Waals surface area contributed by atoms with Gasteiger partial charge in [-0.2, -0.15) is 0 Å². The molecule has 0 fully saturated rings. The van der Waals surface area contributed by atoms with Gasteiger partial charge in [0.15, 0.2) is 0 Å². The Balaban J connectivity index is 2.80. The first-order valence-corrected chi connectivity index (χ1v) is 2.81. The lowest BCUT2D eigenvalue weighted by atomic mass is 10.2. The first-order chi connectivity index (χ1) is 4.88. The number of nitrogens with zero attached hydrogens (tertiary/aromatic N) is 2. The minimum atomic E-state index is 0.572. The van der Waals surface area contributed by atoms with Gasteiger partial charge in [0, 0.05) is 11.8 Å². The van der Waals surface area contributed by atoms with E-state index in [0.717, 1.165) is 5.56 Å². The summed E-state index contributed by atoms with van der Waals surface area (Å²) in [4.78, 5) is 3.86. The minimum Gasteiger partial charge on any atom is -0.396 e. The van der Waals surface area contributed by atoms with E-state index in [1.807, 2.05) is 0 Å². The second-order valence-electron chi connectivity index (χ2n) is 1.98. The number of aromatic nitrogens is 2. The average molecular weight is 135 g/mol. The van der Waals surface area contributed by atoms with Crippen molar-refractivity contribution in [2.24, 2.45) is 0 Å². The summed E-state index contributed by atoms with van der Waals surface area (Å²) in [7, 11) is 0. The molecule has 2 aliphatic rings. The molecule has 2 rings (SSSR count). The van der Waals surface area contributed by atoms with Crippen LogP contribution in [0, 0.1) is 0 Å². The zero-order valence-electron chi connectivity index (χ0n) is 5.11. The molecular formula is C6H5N3O. The van der Waals surface area contributed by atoms with Gasteiger partial charge in [-0.25, -0.2) is 0 Å². The Morgan fingerprint density at radius 3 is 3.10 bits per heavy atom. The number of nitrogen functional groups attached to an aromatic ring is 1. The molecule has 4 heteroatoms. The third-order valence-electron chi connectivity index (χ3n) is 1.32. The van der Waals surface area contributed by atoms with Crippen molar-refractivity contribution in [2.45, 2.75) is 0 Å². The fourth-order valence-corrected chi connectivity index (χ4v) is 0.817. The van der Waals surface area contributed by atoms with Crippen LogP contribution in [0.15, 0.2) is 23.2 Å². The molecule has 0 saturated carbocycles. The molecular weight excluding hydrogens is 130 g/mol. The van der Waals surface area contributed by atoms with Crippen LogP contribution in [-0.2, 0) is 0 Å². The van der Waals surface area contributed by atoms with Crippen LogP contribution in [-0.4, -0.2) is 10.1 Å². The summed E-state index contributed by atoms with van der Waals surface area (Å²) >= 11 is 0. The molecule has 0 saturated heterocycles. The second kappa shape index (κ2) is 1.70. The lowest BCUT2D eigenvalue weighted by Crippen LogP contribution is -1.89. The Morgan fingerprint density at radius 1 is 1.40 bits per heavy atom. The topological polar surface area (TPSA) is 64.9 Å². The Morgan fingerprint density at radius 2 is 2.30 bits per heavy atom. The minimum absolute atomic E-state index is 0.572. The maximum absolute atomic E-state index is 5.53. The van der Waals surface area contributed by atoms with E-state index in [1.165, 1.54) is 6.26 Å². The average Bonchev–Trinajstić information content (AvgIpc) is 2.36. The predicted molar refractivity (Wildman–Crippen MR) is 35.3 cm³/mol. The molecule has 0 aliphatic carbocycles. The summed E-state index contributed by atoms with van der Waals surface area (Å²) in [5.74, 6) is 0. The molecule has 0 aromatic rings. The van der Waals surface area contributed by atoms with Gasteiger partial charge in [0.05, 0.1) is 11.9 Å². The molecule has 0 atom stereocenters. The number of fused-ring (bicyclic) bond motifs is 1. The number of rotatable bonds is 0. The molecule has 0 unspecified atom stereocenters. The van der Waals surface area contributed by atoms with E-state index in [2.05, 4.69) is 14.7 Å². The van der Waals surface area contributed by atoms with Crippen molar-refractivity contribution in [1.82, 2.24) is 10.1 Å². The molecule has 0 amide bonds. The van der Waals surface area contributed by atoms with Gasteiger partial charge >= 0.3 is 0 Å². The number of hydrogen-bond donors (Lipinski definition) is 1. The molecule has 0 bridgehead atoms. The smallest absolute Gasteiger partial charge is 0.145 e. The van der Waals surface area contributed by atoms with Crippen LogP contribution in [0.25, 0.3) is 11.3 Å². The third kappa shape index (κ3) is 0.556. The number of hydrogen-bond acceptors (Lipinski definition) is 4. The molecule has 0 spiro atoms. The zero-order chi connectivity index (χ0) is 6.97. The summed E-state index contributed by atoms with van der Waals surface area (Å²) in [6.07, 6.45) is 4.66. The van der Waals surface area contributed by atoms with E-state index < -0.39 is 0 Å². The van der Waals surface area contributed by atoms with Crippen molar-refractivity contribution in [3.05, 3.63) is 18.7 Å². The lowest BCUT2D eigenvalue weighted by molar-refractivity contribution is 0.405. The predicted octanol–water partition coefficient (Wildman–Crippen LogP) is 0.757. The third-order valence-corrected chi connectivity index (χ3v) is 1.32. The molecule has 0 radical (unpaired) electrons. The van der Waals surface area contributed by atoms with Crippen LogP contribution in [0.3, 0.4) is 0 Å². The van der Waals surface area contributed by atoms with Crippen LogP contribution in [0.2, 0.25) is 0 Å². The van der Waals surface area contributed by atoms with E-state index in [9.17, 15) is 0 Å². The summed E-state index contributed by atoms with van der Waals surface area (Å²) in [6, 6.07) is 0. The van der Waals surface area contributed by atoms with Crippen molar-refractivity contribution in [3.8, 4) is 11.3 Å². The lowest BCUT2D eigenvalue weighted by Gasteiger charge is -1.95. The van der Waals surface area contributed by atoms with E-state index >= 15 is 0 Å². The first kappa shape index (κ1) is 5.22. The van der Waals surface area contributed by atoms with Crippen molar-refractivity contribution < 1.29 is 4.52 Å². The monoisotopic (exact) mass is 135 g/mol. The summed E-state index contributed by atoms with van der Waals surface area (Å²) in [5.41, 5.74) is 7.63. The molecule has 10 heavy (non-hydrogen) atoms. The molecule has 2 heterocycles. The van der Waals surface area contributed by atoms with Crippen molar-refractivity contribution in [1.29, 1.82) is 0 Å². The standard InChI is InChI=1S/C6H5N3O/c7-5-3-10-9-6-2-8-1-4(5)6/h1-3H,7H2. The Kier molecular flexibility index (Phi) is 0.887. The van der Waals surface area contributed by atoms with Gasteiger partial charge in [0.25, 0.3) is 0 Å². The van der Waals surface area contributed by atoms with Gasteiger partial charge in [-0.05, 0) is 0 Å². The summed E-state index contributed by atoms with van der Waals surface area (Å²) < 4.78 is 4.66. The van der Waals surface area contributed by atoms with Crippen LogP contribution in [0.4, 0.5) is 5.69 Å². The maximum atomic E-state index is 5.53. The number of anilines is 1. The van der Waals surface area contributed by atoms with Gasteiger partial charge in [-0.3, -0.25) is 4.98 Å². The summed E-state index contributed by atoms with van der Waals surface area (Å²) in [5, 5.41) is 3.68. The SMILES string of the molecule is Nc1conc2cncc1-2. The fraction of sp³-hybridized carbons (Fsp3) is 0. The fourth-order valence-electron chi connectivity index (χ4n) is 0.817.